The molecule has 0 unspecified atom stereocenters. The SMILES string of the molecule is CCOc1ccccc1-n1ccn(CC(=O)Nc2ccc3c(c2)OCCO3)c(=O)c1=O. The summed E-state index contributed by atoms with van der Waals surface area (Å²) in [6.45, 7) is 2.85. The minimum Gasteiger partial charge on any atom is -0.492 e. The number of benzene rings is 2. The second-order valence-corrected chi connectivity index (χ2v) is 6.71. The molecule has 1 aliphatic heterocycles. The summed E-state index contributed by atoms with van der Waals surface area (Å²) in [6.07, 6.45) is 2.84. The molecule has 0 bridgehead atoms. The zero-order valence-corrected chi connectivity index (χ0v) is 16.9. The highest BCUT2D eigenvalue weighted by molar-refractivity contribution is 5.90. The van der Waals surface area contributed by atoms with Crippen molar-refractivity contribution in [1.29, 1.82) is 0 Å². The van der Waals surface area contributed by atoms with Crippen molar-refractivity contribution >= 4 is 11.6 Å². The van der Waals surface area contributed by atoms with Crippen molar-refractivity contribution in [3.63, 3.8) is 0 Å². The van der Waals surface area contributed by atoms with E-state index in [-0.39, 0.29) is 6.54 Å². The summed E-state index contributed by atoms with van der Waals surface area (Å²) in [7, 11) is 0. The quantitative estimate of drug-likeness (QED) is 0.607. The maximum Gasteiger partial charge on any atom is 0.321 e. The molecule has 0 fully saturated rings. The van der Waals surface area contributed by atoms with Crippen LogP contribution >= 0.6 is 0 Å². The predicted octanol–water partition coefficient (Wildman–Crippen LogP) is 1.81. The highest BCUT2D eigenvalue weighted by Crippen LogP contribution is 2.32. The maximum absolute atomic E-state index is 12.7. The Balaban J connectivity index is 1.53. The van der Waals surface area contributed by atoms with Gasteiger partial charge in [-0.05, 0) is 31.2 Å². The highest BCUT2D eigenvalue weighted by Gasteiger charge is 2.15. The molecule has 1 aromatic heterocycles. The van der Waals surface area contributed by atoms with Gasteiger partial charge >= 0.3 is 11.1 Å². The molecule has 9 nitrogen and oxygen atoms in total. The van der Waals surface area contributed by atoms with E-state index in [1.165, 1.54) is 17.0 Å². The van der Waals surface area contributed by atoms with Crippen molar-refractivity contribution < 1.29 is 19.0 Å². The number of para-hydroxylation sites is 2. The number of anilines is 1. The van der Waals surface area contributed by atoms with Crippen LogP contribution in [0, 0.1) is 0 Å². The van der Waals surface area contributed by atoms with Gasteiger partial charge in [0.1, 0.15) is 25.5 Å². The van der Waals surface area contributed by atoms with Gasteiger partial charge in [0, 0.05) is 24.1 Å². The van der Waals surface area contributed by atoms with E-state index in [2.05, 4.69) is 5.32 Å². The number of fused-ring (bicyclic) bond motifs is 1. The molecule has 2 aromatic carbocycles. The van der Waals surface area contributed by atoms with Crippen molar-refractivity contribution in [3.05, 3.63) is 75.6 Å². The number of ether oxygens (including phenoxy) is 3. The van der Waals surface area contributed by atoms with E-state index >= 15 is 0 Å². The zero-order valence-electron chi connectivity index (χ0n) is 16.9. The van der Waals surface area contributed by atoms with E-state index in [0.717, 1.165) is 4.57 Å². The van der Waals surface area contributed by atoms with Crippen molar-refractivity contribution in [2.75, 3.05) is 25.1 Å². The van der Waals surface area contributed by atoms with E-state index < -0.39 is 17.0 Å². The molecule has 31 heavy (non-hydrogen) atoms. The number of rotatable bonds is 6. The first-order valence-electron chi connectivity index (χ1n) is 9.80. The maximum atomic E-state index is 12.7. The molecular formula is C22H21N3O6. The van der Waals surface area contributed by atoms with Gasteiger partial charge in [0.15, 0.2) is 11.5 Å². The molecule has 0 atom stereocenters. The lowest BCUT2D eigenvalue weighted by Gasteiger charge is -2.19. The van der Waals surface area contributed by atoms with E-state index in [4.69, 9.17) is 14.2 Å². The van der Waals surface area contributed by atoms with E-state index in [9.17, 15) is 14.4 Å². The summed E-state index contributed by atoms with van der Waals surface area (Å²) in [5.41, 5.74) is -0.631. The van der Waals surface area contributed by atoms with Gasteiger partial charge in [-0.25, -0.2) is 0 Å². The summed E-state index contributed by atoms with van der Waals surface area (Å²) in [5.74, 6) is 1.18. The molecule has 1 aliphatic rings. The van der Waals surface area contributed by atoms with E-state index in [1.54, 1.807) is 42.5 Å². The summed E-state index contributed by atoms with van der Waals surface area (Å²) in [6, 6.07) is 12.0. The van der Waals surface area contributed by atoms with Gasteiger partial charge in [-0.15, -0.1) is 0 Å². The molecule has 0 aliphatic carbocycles. The number of nitrogens with zero attached hydrogens (tertiary/aromatic N) is 2. The van der Waals surface area contributed by atoms with Gasteiger partial charge in [-0.1, -0.05) is 12.1 Å². The molecule has 0 saturated carbocycles. The van der Waals surface area contributed by atoms with Crippen LogP contribution in [0.5, 0.6) is 17.2 Å². The lowest BCUT2D eigenvalue weighted by molar-refractivity contribution is -0.116. The number of hydrogen-bond donors (Lipinski definition) is 1. The molecule has 9 heteroatoms. The first-order valence-corrected chi connectivity index (χ1v) is 9.80. The summed E-state index contributed by atoms with van der Waals surface area (Å²) in [4.78, 5) is 37.7. The molecule has 1 N–H and O–H groups in total. The largest absolute Gasteiger partial charge is 0.492 e. The van der Waals surface area contributed by atoms with Crippen LogP contribution in [0.3, 0.4) is 0 Å². The molecule has 4 rings (SSSR count). The van der Waals surface area contributed by atoms with Crippen LogP contribution in [0.2, 0.25) is 0 Å². The second-order valence-electron chi connectivity index (χ2n) is 6.71. The monoisotopic (exact) mass is 423 g/mol. The minimum absolute atomic E-state index is 0.309. The van der Waals surface area contributed by atoms with Gasteiger partial charge in [-0.2, -0.15) is 0 Å². The summed E-state index contributed by atoms with van der Waals surface area (Å²) in [5, 5.41) is 2.70. The van der Waals surface area contributed by atoms with Crippen molar-refractivity contribution in [1.82, 2.24) is 9.13 Å². The van der Waals surface area contributed by atoms with Gasteiger partial charge in [0.25, 0.3) is 0 Å². The third-order valence-corrected chi connectivity index (χ3v) is 4.62. The minimum atomic E-state index is -0.814. The Morgan fingerprint density at radius 2 is 1.81 bits per heavy atom. The standard InChI is InChI=1S/C22H21N3O6/c1-2-29-17-6-4-3-5-16(17)25-10-9-24(21(27)22(25)28)14-20(26)23-15-7-8-18-19(13-15)31-12-11-30-18/h3-10,13H,2,11-12,14H2,1H3,(H,23,26). The average Bonchev–Trinajstić information content (AvgIpc) is 2.78. The number of hydrogen-bond acceptors (Lipinski definition) is 6. The number of amides is 1. The predicted molar refractivity (Wildman–Crippen MR) is 114 cm³/mol. The van der Waals surface area contributed by atoms with Crippen LogP contribution in [0.25, 0.3) is 5.69 Å². The highest BCUT2D eigenvalue weighted by atomic mass is 16.6. The number of nitrogens with one attached hydrogen (secondary N) is 1. The van der Waals surface area contributed by atoms with E-state index in [1.807, 2.05) is 6.92 Å². The van der Waals surface area contributed by atoms with Crippen molar-refractivity contribution in [3.8, 4) is 22.9 Å². The number of carbonyl (C=O) groups is 1. The Morgan fingerprint density at radius 3 is 2.61 bits per heavy atom. The lowest BCUT2D eigenvalue weighted by Crippen LogP contribution is -2.41. The van der Waals surface area contributed by atoms with Crippen LogP contribution in [0.1, 0.15) is 6.92 Å². The Kier molecular flexibility index (Phi) is 5.74. The fourth-order valence-corrected chi connectivity index (χ4v) is 3.23. The van der Waals surface area contributed by atoms with Gasteiger partial charge in [-0.3, -0.25) is 23.5 Å². The molecule has 1 amide bonds. The zero-order chi connectivity index (χ0) is 21.8. The first-order chi connectivity index (χ1) is 15.1. The topological polar surface area (TPSA) is 101 Å². The third-order valence-electron chi connectivity index (χ3n) is 4.62. The molecule has 0 radical (unpaired) electrons. The fraction of sp³-hybridized carbons (Fsp3) is 0.227. The smallest absolute Gasteiger partial charge is 0.321 e. The Morgan fingerprint density at radius 1 is 1.03 bits per heavy atom. The second kappa shape index (κ2) is 8.78. The number of carbonyl (C=O) groups excluding carboxylic acids is 1. The molecular weight excluding hydrogens is 402 g/mol. The van der Waals surface area contributed by atoms with Crippen LogP contribution < -0.4 is 30.6 Å². The van der Waals surface area contributed by atoms with Crippen LogP contribution in [-0.4, -0.2) is 34.9 Å². The van der Waals surface area contributed by atoms with Gasteiger partial charge < -0.3 is 19.5 Å². The first kappa shape index (κ1) is 20.3. The van der Waals surface area contributed by atoms with Crippen molar-refractivity contribution in [2.24, 2.45) is 0 Å². The summed E-state index contributed by atoms with van der Waals surface area (Å²) >= 11 is 0. The van der Waals surface area contributed by atoms with Gasteiger partial charge in [0.05, 0.1) is 12.3 Å². The van der Waals surface area contributed by atoms with Crippen molar-refractivity contribution in [2.45, 2.75) is 13.5 Å². The number of aromatic nitrogens is 2. The summed E-state index contributed by atoms with van der Waals surface area (Å²) < 4.78 is 18.8. The normalized spacial score (nSPS) is 12.3. The average molecular weight is 423 g/mol. The molecule has 0 spiro atoms. The van der Waals surface area contributed by atoms with Crippen LogP contribution in [-0.2, 0) is 11.3 Å². The molecule has 2 heterocycles. The Hall–Kier alpha value is -4.01. The molecule has 0 saturated heterocycles. The molecule has 160 valence electrons. The lowest BCUT2D eigenvalue weighted by atomic mass is 10.2. The third kappa shape index (κ3) is 4.30. The van der Waals surface area contributed by atoms with Crippen LogP contribution in [0.4, 0.5) is 5.69 Å². The molecule has 3 aromatic rings. The van der Waals surface area contributed by atoms with Gasteiger partial charge in [0.2, 0.25) is 5.91 Å². The van der Waals surface area contributed by atoms with Crippen LogP contribution in [0.15, 0.2) is 64.4 Å². The fourth-order valence-electron chi connectivity index (χ4n) is 3.23. The Labute approximate surface area is 177 Å². The van der Waals surface area contributed by atoms with E-state index in [0.29, 0.717) is 48.4 Å². The Bertz CT molecular complexity index is 1230.